The summed E-state index contributed by atoms with van der Waals surface area (Å²) in [5.41, 5.74) is 2.52. The van der Waals surface area contributed by atoms with Crippen LogP contribution in [0, 0.1) is 6.92 Å². The van der Waals surface area contributed by atoms with Gasteiger partial charge in [0.1, 0.15) is 5.57 Å². The van der Waals surface area contributed by atoms with Crippen molar-refractivity contribution in [2.45, 2.75) is 33.6 Å². The molecule has 0 unspecified atom stereocenters. The highest BCUT2D eigenvalue weighted by molar-refractivity contribution is 6.44. The van der Waals surface area contributed by atoms with E-state index < -0.39 is 5.91 Å². The van der Waals surface area contributed by atoms with Gasteiger partial charge in [-0.25, -0.2) is 4.68 Å². The van der Waals surface area contributed by atoms with E-state index >= 15 is 0 Å². The van der Waals surface area contributed by atoms with E-state index in [0.717, 1.165) is 12.0 Å². The number of carbonyl (C=O) groups is 2. The number of pyridine rings is 1. The van der Waals surface area contributed by atoms with Crippen LogP contribution >= 0.6 is 0 Å². The topological polar surface area (TPSA) is 79.1 Å². The van der Waals surface area contributed by atoms with Gasteiger partial charge in [-0.1, -0.05) is 32.0 Å². The Balaban J connectivity index is 1.95. The Bertz CT molecular complexity index is 1230. The van der Waals surface area contributed by atoms with E-state index in [4.69, 9.17) is 0 Å². The molecule has 31 heavy (non-hydrogen) atoms. The van der Waals surface area contributed by atoms with E-state index in [1.165, 1.54) is 9.58 Å². The van der Waals surface area contributed by atoms with Gasteiger partial charge in [0, 0.05) is 24.4 Å². The van der Waals surface area contributed by atoms with Crippen LogP contribution in [-0.2, 0) is 16.0 Å². The van der Waals surface area contributed by atoms with E-state index in [0.29, 0.717) is 24.3 Å². The van der Waals surface area contributed by atoms with E-state index in [-0.39, 0.29) is 28.3 Å². The van der Waals surface area contributed by atoms with E-state index in [1.807, 2.05) is 44.2 Å². The SMILES string of the molecule is CCCN1C(=O)C(c2c(C)[nH]n(-c3ccccc3)c2=O)=C([n+]2ccc(CC)cc2)C1=O. The van der Waals surface area contributed by atoms with E-state index in [9.17, 15) is 14.4 Å². The lowest BCUT2D eigenvalue weighted by Gasteiger charge is -2.11. The molecule has 2 aromatic heterocycles. The summed E-state index contributed by atoms with van der Waals surface area (Å²) in [5, 5.41) is 3.06. The molecule has 158 valence electrons. The fraction of sp³-hybridized carbons (Fsp3) is 0.250. The molecule has 1 aliphatic heterocycles. The molecule has 0 aliphatic carbocycles. The number of hydrogen-bond donors (Lipinski definition) is 1. The van der Waals surface area contributed by atoms with Crippen molar-refractivity contribution in [1.29, 1.82) is 0 Å². The number of aryl methyl sites for hydroxylation is 2. The van der Waals surface area contributed by atoms with Gasteiger partial charge in [-0.2, -0.15) is 4.57 Å². The minimum Gasteiger partial charge on any atom is -0.295 e. The minimum atomic E-state index is -0.437. The lowest BCUT2D eigenvalue weighted by Crippen LogP contribution is -2.39. The largest absolute Gasteiger partial charge is 0.326 e. The van der Waals surface area contributed by atoms with Crippen molar-refractivity contribution in [2.75, 3.05) is 6.54 Å². The maximum Gasteiger partial charge on any atom is 0.326 e. The smallest absolute Gasteiger partial charge is 0.295 e. The Kier molecular flexibility index (Phi) is 5.42. The van der Waals surface area contributed by atoms with Crippen molar-refractivity contribution in [1.82, 2.24) is 14.7 Å². The fourth-order valence-corrected chi connectivity index (χ4v) is 3.90. The molecule has 4 rings (SSSR count). The van der Waals surface area contributed by atoms with Gasteiger partial charge < -0.3 is 0 Å². The van der Waals surface area contributed by atoms with Crippen molar-refractivity contribution in [3.8, 4) is 5.69 Å². The second-order valence-electron chi connectivity index (χ2n) is 7.54. The first-order valence-electron chi connectivity index (χ1n) is 10.5. The highest BCUT2D eigenvalue weighted by Gasteiger charge is 2.46. The van der Waals surface area contributed by atoms with Gasteiger partial charge in [0.2, 0.25) is 0 Å². The van der Waals surface area contributed by atoms with Crippen LogP contribution in [0.2, 0.25) is 0 Å². The molecule has 0 bridgehead atoms. The zero-order chi connectivity index (χ0) is 22.1. The Labute approximate surface area is 180 Å². The van der Waals surface area contributed by atoms with Crippen molar-refractivity contribution in [3.05, 3.63) is 82.0 Å². The fourth-order valence-electron chi connectivity index (χ4n) is 3.90. The quantitative estimate of drug-likeness (QED) is 0.494. The van der Waals surface area contributed by atoms with Crippen LogP contribution in [0.1, 0.15) is 37.1 Å². The number of aromatic nitrogens is 3. The number of para-hydroxylation sites is 1. The van der Waals surface area contributed by atoms with Crippen molar-refractivity contribution in [2.24, 2.45) is 0 Å². The number of amides is 2. The molecule has 0 saturated carbocycles. The Morgan fingerprint density at radius 1 is 0.935 bits per heavy atom. The molecule has 7 nitrogen and oxygen atoms in total. The van der Waals surface area contributed by atoms with Gasteiger partial charge in [0.05, 0.1) is 11.3 Å². The molecule has 0 saturated heterocycles. The van der Waals surface area contributed by atoms with Gasteiger partial charge in [-0.3, -0.25) is 24.4 Å². The molecule has 1 N–H and O–H groups in total. The van der Waals surface area contributed by atoms with Gasteiger partial charge in [-0.15, -0.1) is 0 Å². The first kappa shape index (κ1) is 20.5. The van der Waals surface area contributed by atoms with E-state index in [2.05, 4.69) is 5.10 Å². The Hall–Kier alpha value is -3.74. The lowest BCUT2D eigenvalue weighted by atomic mass is 10.1. The summed E-state index contributed by atoms with van der Waals surface area (Å²) in [6.07, 6.45) is 5.04. The van der Waals surface area contributed by atoms with Crippen LogP contribution in [0.25, 0.3) is 17.0 Å². The van der Waals surface area contributed by atoms with Crippen molar-refractivity contribution in [3.63, 3.8) is 0 Å². The summed E-state index contributed by atoms with van der Waals surface area (Å²) in [6.45, 7) is 6.00. The number of nitrogens with one attached hydrogen (secondary N) is 1. The minimum absolute atomic E-state index is 0.140. The van der Waals surface area contributed by atoms with Crippen LogP contribution in [0.15, 0.2) is 59.7 Å². The van der Waals surface area contributed by atoms with Crippen molar-refractivity contribution < 1.29 is 14.2 Å². The molecular formula is C24H25N4O3+. The lowest BCUT2D eigenvalue weighted by molar-refractivity contribution is -0.577. The van der Waals surface area contributed by atoms with Crippen LogP contribution in [0.5, 0.6) is 0 Å². The zero-order valence-corrected chi connectivity index (χ0v) is 17.9. The van der Waals surface area contributed by atoms with Gasteiger partial charge in [0.25, 0.3) is 17.2 Å². The molecule has 3 aromatic rings. The highest BCUT2D eigenvalue weighted by atomic mass is 16.2. The first-order valence-corrected chi connectivity index (χ1v) is 10.5. The Morgan fingerprint density at radius 3 is 2.23 bits per heavy atom. The Morgan fingerprint density at radius 2 is 1.61 bits per heavy atom. The number of hydrogen-bond acceptors (Lipinski definition) is 3. The molecule has 7 heteroatoms. The molecule has 1 aromatic carbocycles. The number of nitrogens with zero attached hydrogens (tertiary/aromatic N) is 3. The van der Waals surface area contributed by atoms with Crippen LogP contribution in [0.4, 0.5) is 0 Å². The first-order chi connectivity index (χ1) is 15.0. The molecule has 0 radical (unpaired) electrons. The molecule has 2 amide bonds. The second kappa shape index (κ2) is 8.18. The summed E-state index contributed by atoms with van der Waals surface area (Å²) in [5.74, 6) is -0.823. The summed E-state index contributed by atoms with van der Waals surface area (Å²) < 4.78 is 3.05. The third kappa shape index (κ3) is 3.42. The number of rotatable bonds is 6. The molecule has 3 heterocycles. The van der Waals surface area contributed by atoms with Gasteiger partial charge >= 0.3 is 5.91 Å². The normalized spacial score (nSPS) is 14.1. The van der Waals surface area contributed by atoms with Gasteiger partial charge in [-0.05, 0) is 37.5 Å². The summed E-state index contributed by atoms with van der Waals surface area (Å²) in [4.78, 5) is 41.2. The zero-order valence-electron chi connectivity index (χ0n) is 17.9. The van der Waals surface area contributed by atoms with E-state index in [1.54, 1.807) is 36.0 Å². The number of aromatic amines is 1. The summed E-state index contributed by atoms with van der Waals surface area (Å²) in [6, 6.07) is 13.0. The van der Waals surface area contributed by atoms with Crippen LogP contribution in [-0.4, -0.2) is 33.0 Å². The molecule has 0 fully saturated rings. The average Bonchev–Trinajstić information content (AvgIpc) is 3.21. The third-order valence-electron chi connectivity index (χ3n) is 5.49. The molecular weight excluding hydrogens is 392 g/mol. The van der Waals surface area contributed by atoms with Crippen molar-refractivity contribution >= 4 is 23.1 Å². The van der Waals surface area contributed by atoms with Gasteiger partial charge in [0.15, 0.2) is 12.4 Å². The number of imide groups is 1. The highest BCUT2D eigenvalue weighted by Crippen LogP contribution is 2.29. The predicted octanol–water partition coefficient (Wildman–Crippen LogP) is 2.47. The second-order valence-corrected chi connectivity index (χ2v) is 7.54. The molecule has 0 spiro atoms. The van der Waals surface area contributed by atoms with Crippen LogP contribution < -0.4 is 10.1 Å². The maximum absolute atomic E-state index is 13.4. The maximum atomic E-state index is 13.4. The standard InChI is InChI=1S/C24H24N4O3/c1-4-13-27-22(29)20(21(24(27)31)26-14-11-17(5-2)12-15-26)19-16(3)25-28(23(19)30)18-9-7-6-8-10-18/h6-12,14-15H,4-5,13H2,1-3H3/p+1. The number of carbonyl (C=O) groups excluding carboxylic acids is 2. The summed E-state index contributed by atoms with van der Waals surface area (Å²) >= 11 is 0. The number of H-pyrrole nitrogens is 1. The number of benzene rings is 1. The summed E-state index contributed by atoms with van der Waals surface area (Å²) in [7, 11) is 0. The van der Waals surface area contributed by atoms with Crippen LogP contribution in [0.3, 0.4) is 0 Å². The molecule has 1 aliphatic rings. The monoisotopic (exact) mass is 417 g/mol. The third-order valence-corrected chi connectivity index (χ3v) is 5.49. The molecule has 0 atom stereocenters. The predicted molar refractivity (Wildman–Crippen MR) is 117 cm³/mol. The average molecular weight is 417 g/mol.